The smallest absolute Gasteiger partial charge is 0.303 e. The Balaban J connectivity index is 1.35. The van der Waals surface area contributed by atoms with E-state index in [4.69, 9.17) is 14.8 Å². The number of nitrogens with one attached hydrogen (secondary N) is 2. The summed E-state index contributed by atoms with van der Waals surface area (Å²) in [5.41, 5.74) is 5.12. The molecule has 0 unspecified atom stereocenters. The summed E-state index contributed by atoms with van der Waals surface area (Å²) in [7, 11) is 0. The lowest BCUT2D eigenvalue weighted by Gasteiger charge is -2.03. The van der Waals surface area contributed by atoms with Gasteiger partial charge in [0.2, 0.25) is 0 Å². The number of hydrogen-bond donors (Lipinski definition) is 3. The second-order valence-corrected chi connectivity index (χ2v) is 9.33. The molecule has 0 amide bonds. The largest absolute Gasteiger partial charge is 0.491 e. The lowest BCUT2D eigenvalue weighted by Crippen LogP contribution is -1.95. The molecule has 35 heavy (non-hydrogen) atoms. The standard InChI is InChI=1S/C29H41N3O3/c1-2-20-35-28-22-26(25-15-13-19-30-25)32-27(28)21-24-18-17-23(31-24)14-11-9-7-5-3-4-6-8-10-12-16-29(33)34/h13,15,17-19,21-22,30,32H,2-12,14,16,20H2,1H3,(H,33,34). The number of carbonyl (C=O) groups is 1. The Morgan fingerprint density at radius 3 is 2.37 bits per heavy atom. The van der Waals surface area contributed by atoms with Gasteiger partial charge in [0, 0.05) is 24.4 Å². The van der Waals surface area contributed by atoms with Crippen molar-refractivity contribution in [1.82, 2.24) is 9.97 Å². The van der Waals surface area contributed by atoms with Gasteiger partial charge in [0.1, 0.15) is 5.75 Å². The average Bonchev–Trinajstić information content (AvgIpc) is 3.60. The number of carboxylic acids is 1. The minimum absolute atomic E-state index is 0.313. The van der Waals surface area contributed by atoms with Gasteiger partial charge in [-0.15, -0.1) is 0 Å². The Labute approximate surface area is 209 Å². The number of allylic oxidation sites excluding steroid dienone is 2. The number of unbranched alkanes of at least 4 members (excludes halogenated alkanes) is 9. The van der Waals surface area contributed by atoms with Gasteiger partial charge in [-0.2, -0.15) is 0 Å². The Bertz CT molecular complexity index is 983. The Hall–Kier alpha value is -3.02. The average molecular weight is 480 g/mol. The van der Waals surface area contributed by atoms with Crippen molar-refractivity contribution in [2.75, 3.05) is 6.61 Å². The molecule has 190 valence electrons. The van der Waals surface area contributed by atoms with Crippen LogP contribution in [0.1, 0.15) is 96.1 Å². The first kappa shape index (κ1) is 26.6. The van der Waals surface area contributed by atoms with Gasteiger partial charge >= 0.3 is 5.97 Å². The van der Waals surface area contributed by atoms with Gasteiger partial charge in [0.15, 0.2) is 0 Å². The molecule has 0 saturated carbocycles. The first-order chi connectivity index (χ1) is 17.2. The Morgan fingerprint density at radius 1 is 1.00 bits per heavy atom. The number of H-pyrrole nitrogens is 2. The van der Waals surface area contributed by atoms with Gasteiger partial charge in [-0.25, -0.2) is 0 Å². The molecule has 0 aromatic carbocycles. The molecule has 0 atom stereocenters. The summed E-state index contributed by atoms with van der Waals surface area (Å²) in [6.45, 7) is 2.80. The lowest BCUT2D eigenvalue weighted by atomic mass is 10.0. The van der Waals surface area contributed by atoms with E-state index < -0.39 is 5.97 Å². The van der Waals surface area contributed by atoms with Crippen LogP contribution in [0.4, 0.5) is 0 Å². The first-order valence-corrected chi connectivity index (χ1v) is 13.3. The number of rotatable bonds is 18. The zero-order valence-electron chi connectivity index (χ0n) is 21.2. The summed E-state index contributed by atoms with van der Waals surface area (Å²) in [4.78, 5) is 22.0. The molecular formula is C29H41N3O3. The molecule has 3 heterocycles. The summed E-state index contributed by atoms with van der Waals surface area (Å²) in [6.07, 6.45) is 22.3. The number of aliphatic imine (C=N–C) groups is 1. The van der Waals surface area contributed by atoms with E-state index in [1.807, 2.05) is 18.3 Å². The quantitative estimate of drug-likeness (QED) is 0.190. The Morgan fingerprint density at radius 2 is 1.71 bits per heavy atom. The third-order valence-corrected chi connectivity index (χ3v) is 6.25. The fourth-order valence-corrected chi connectivity index (χ4v) is 4.32. The van der Waals surface area contributed by atoms with Crippen molar-refractivity contribution in [3.8, 4) is 17.1 Å². The second kappa shape index (κ2) is 15.1. The highest BCUT2D eigenvalue weighted by molar-refractivity contribution is 5.99. The van der Waals surface area contributed by atoms with Crippen LogP contribution in [0.3, 0.4) is 0 Å². The molecular weight excluding hydrogens is 438 g/mol. The Kier molecular flexibility index (Phi) is 11.4. The van der Waals surface area contributed by atoms with Crippen LogP contribution in [0.15, 0.2) is 47.2 Å². The second-order valence-electron chi connectivity index (χ2n) is 9.33. The van der Waals surface area contributed by atoms with E-state index in [1.165, 1.54) is 44.9 Å². The number of carboxylic acid groups (broad SMARTS) is 1. The van der Waals surface area contributed by atoms with Crippen LogP contribution in [0.2, 0.25) is 0 Å². The summed E-state index contributed by atoms with van der Waals surface area (Å²) < 4.78 is 5.97. The molecule has 2 aromatic heterocycles. The number of nitrogens with zero attached hydrogens (tertiary/aromatic N) is 1. The van der Waals surface area contributed by atoms with Crippen LogP contribution in [0.5, 0.6) is 5.75 Å². The van der Waals surface area contributed by atoms with Crippen molar-refractivity contribution in [3.05, 3.63) is 47.9 Å². The van der Waals surface area contributed by atoms with Gasteiger partial charge in [-0.05, 0) is 56.0 Å². The molecule has 0 bridgehead atoms. The van der Waals surface area contributed by atoms with Gasteiger partial charge in [-0.1, -0.05) is 58.3 Å². The molecule has 1 aliphatic heterocycles. The fraction of sp³-hybridized carbons (Fsp3) is 0.517. The lowest BCUT2D eigenvalue weighted by molar-refractivity contribution is -0.137. The summed E-state index contributed by atoms with van der Waals surface area (Å²) in [6, 6.07) is 6.09. The van der Waals surface area contributed by atoms with Crippen LogP contribution in [-0.4, -0.2) is 33.4 Å². The van der Waals surface area contributed by atoms with E-state index in [2.05, 4.69) is 41.2 Å². The number of aliphatic carboxylic acids is 1. The van der Waals surface area contributed by atoms with Crippen LogP contribution < -0.4 is 4.74 Å². The highest BCUT2D eigenvalue weighted by Gasteiger charge is 2.12. The van der Waals surface area contributed by atoms with Crippen molar-refractivity contribution in [3.63, 3.8) is 0 Å². The number of aromatic nitrogens is 2. The number of aromatic amines is 2. The topological polar surface area (TPSA) is 90.5 Å². The third kappa shape index (κ3) is 9.63. The van der Waals surface area contributed by atoms with E-state index in [0.29, 0.717) is 13.0 Å². The van der Waals surface area contributed by atoms with Crippen molar-refractivity contribution in [2.45, 2.75) is 90.4 Å². The summed E-state index contributed by atoms with van der Waals surface area (Å²) in [5, 5.41) is 8.64. The number of ether oxygens (including phenoxy) is 1. The van der Waals surface area contributed by atoms with Crippen LogP contribution >= 0.6 is 0 Å². The molecule has 6 heteroatoms. The molecule has 1 aliphatic rings. The molecule has 3 rings (SSSR count). The van der Waals surface area contributed by atoms with Crippen LogP contribution in [0.25, 0.3) is 17.5 Å². The molecule has 0 saturated heterocycles. The van der Waals surface area contributed by atoms with Crippen LogP contribution in [0, 0.1) is 0 Å². The van der Waals surface area contributed by atoms with Crippen molar-refractivity contribution < 1.29 is 14.6 Å². The van der Waals surface area contributed by atoms with Crippen molar-refractivity contribution in [1.29, 1.82) is 0 Å². The predicted molar refractivity (Wildman–Crippen MR) is 144 cm³/mol. The molecule has 2 aromatic rings. The number of hydrogen-bond acceptors (Lipinski definition) is 3. The maximum Gasteiger partial charge on any atom is 0.303 e. The molecule has 0 aliphatic carbocycles. The molecule has 0 spiro atoms. The monoisotopic (exact) mass is 479 g/mol. The minimum atomic E-state index is -0.676. The van der Waals surface area contributed by atoms with Gasteiger partial charge < -0.3 is 19.8 Å². The molecule has 0 fully saturated rings. The summed E-state index contributed by atoms with van der Waals surface area (Å²) in [5.74, 6) is 0.186. The van der Waals surface area contributed by atoms with Crippen molar-refractivity contribution >= 4 is 17.8 Å². The van der Waals surface area contributed by atoms with E-state index >= 15 is 0 Å². The third-order valence-electron chi connectivity index (χ3n) is 6.25. The maximum atomic E-state index is 10.5. The SMILES string of the molecule is CCCOc1cc(-c2ccc[nH]2)[nH]c1C=C1C=CC(CCCCCCCCCCCCC(=O)O)=N1. The van der Waals surface area contributed by atoms with Gasteiger partial charge in [-0.3, -0.25) is 9.79 Å². The van der Waals surface area contributed by atoms with Gasteiger partial charge in [0.05, 0.1) is 29.4 Å². The van der Waals surface area contributed by atoms with E-state index in [0.717, 1.165) is 66.3 Å². The fourth-order valence-electron chi connectivity index (χ4n) is 4.32. The normalized spacial score (nSPS) is 14.1. The minimum Gasteiger partial charge on any atom is -0.491 e. The molecule has 6 nitrogen and oxygen atoms in total. The molecule has 0 radical (unpaired) electrons. The zero-order valence-corrected chi connectivity index (χ0v) is 21.2. The van der Waals surface area contributed by atoms with Crippen LogP contribution in [-0.2, 0) is 4.79 Å². The zero-order chi connectivity index (χ0) is 24.7. The predicted octanol–water partition coefficient (Wildman–Crippen LogP) is 7.92. The van der Waals surface area contributed by atoms with E-state index in [-0.39, 0.29) is 0 Å². The van der Waals surface area contributed by atoms with Gasteiger partial charge in [0.25, 0.3) is 0 Å². The first-order valence-electron chi connectivity index (χ1n) is 13.3. The molecule has 3 N–H and O–H groups in total. The van der Waals surface area contributed by atoms with E-state index in [9.17, 15) is 4.79 Å². The van der Waals surface area contributed by atoms with E-state index in [1.54, 1.807) is 0 Å². The highest BCUT2D eigenvalue weighted by Crippen LogP contribution is 2.29. The maximum absolute atomic E-state index is 10.5. The highest BCUT2D eigenvalue weighted by atomic mass is 16.5. The van der Waals surface area contributed by atoms with Crippen molar-refractivity contribution in [2.24, 2.45) is 4.99 Å². The summed E-state index contributed by atoms with van der Waals surface area (Å²) >= 11 is 0.